The van der Waals surface area contributed by atoms with Gasteiger partial charge in [0, 0.05) is 5.57 Å². The van der Waals surface area contributed by atoms with Crippen molar-refractivity contribution < 1.29 is 4.79 Å². The number of aliphatic imine (C=N–C) groups is 1. The first-order valence-corrected chi connectivity index (χ1v) is 3.84. The van der Waals surface area contributed by atoms with E-state index in [9.17, 15) is 4.79 Å². The molecular weight excluding hydrogens is 168 g/mol. The first kappa shape index (κ1) is 11.8. The van der Waals surface area contributed by atoms with Gasteiger partial charge in [0.25, 0.3) is 0 Å². The lowest BCUT2D eigenvalue weighted by Gasteiger charge is -2.29. The number of hydrogen-bond donors (Lipinski definition) is 3. The summed E-state index contributed by atoms with van der Waals surface area (Å²) in [7, 11) is 0. The molecule has 74 valence electrons. The molecule has 2 atom stereocenters. The van der Waals surface area contributed by atoms with Gasteiger partial charge in [0.1, 0.15) is 0 Å². The summed E-state index contributed by atoms with van der Waals surface area (Å²) in [5.74, 6) is -1.71. The molecule has 0 aromatic rings. The van der Waals surface area contributed by atoms with Crippen LogP contribution < -0.4 is 16.8 Å². The summed E-state index contributed by atoms with van der Waals surface area (Å²) < 4.78 is 0. The molecule has 5 nitrogen and oxygen atoms in total. The Labute approximate surface area is 77.9 Å². The van der Waals surface area contributed by atoms with Crippen LogP contribution >= 0.6 is 0 Å². The standard InChI is InChI=1S/C8H16N4O/c1-5(2)7(13)12-8(10,11-4)6(3)9/h6H,1,4,9-10H2,2-3H3,(H,12,13). The zero-order valence-corrected chi connectivity index (χ0v) is 8.00. The van der Waals surface area contributed by atoms with Crippen molar-refractivity contribution in [2.75, 3.05) is 0 Å². The van der Waals surface area contributed by atoms with E-state index in [-0.39, 0.29) is 5.91 Å². The Morgan fingerprint density at radius 3 is 2.38 bits per heavy atom. The summed E-state index contributed by atoms with van der Waals surface area (Å²) in [6.07, 6.45) is 0. The molecule has 0 aromatic heterocycles. The minimum absolute atomic E-state index is 0.346. The average molecular weight is 184 g/mol. The summed E-state index contributed by atoms with van der Waals surface area (Å²) in [5, 5.41) is 2.43. The van der Waals surface area contributed by atoms with Gasteiger partial charge in [-0.1, -0.05) is 6.58 Å². The Balaban J connectivity index is 4.54. The van der Waals surface area contributed by atoms with E-state index in [1.165, 1.54) is 0 Å². The van der Waals surface area contributed by atoms with Gasteiger partial charge in [0.2, 0.25) is 5.91 Å². The number of amides is 1. The number of nitrogens with two attached hydrogens (primary N) is 2. The molecule has 0 spiro atoms. The number of nitrogens with one attached hydrogen (secondary N) is 1. The second kappa shape index (κ2) is 4.15. The minimum Gasteiger partial charge on any atom is -0.323 e. The number of carbonyl (C=O) groups excluding carboxylic acids is 1. The molecule has 2 unspecified atom stereocenters. The van der Waals surface area contributed by atoms with Crippen LogP contribution in [0.4, 0.5) is 0 Å². The molecule has 0 saturated carbocycles. The second-order valence-electron chi connectivity index (χ2n) is 3.01. The molecule has 0 aliphatic rings. The van der Waals surface area contributed by atoms with Gasteiger partial charge in [0.05, 0.1) is 6.04 Å². The average Bonchev–Trinajstić information content (AvgIpc) is 2.03. The topological polar surface area (TPSA) is 93.5 Å². The summed E-state index contributed by atoms with van der Waals surface area (Å²) in [5.41, 5.74) is 11.5. The van der Waals surface area contributed by atoms with Crippen LogP contribution in [0.1, 0.15) is 13.8 Å². The molecule has 5 N–H and O–H groups in total. The molecule has 0 bridgehead atoms. The Morgan fingerprint density at radius 2 is 2.15 bits per heavy atom. The first-order chi connectivity index (χ1) is 5.83. The van der Waals surface area contributed by atoms with Crippen LogP contribution in [-0.4, -0.2) is 24.5 Å². The molecule has 0 aliphatic heterocycles. The smallest absolute Gasteiger partial charge is 0.249 e. The number of nitrogens with zero attached hydrogens (tertiary/aromatic N) is 1. The molecule has 0 saturated heterocycles. The van der Waals surface area contributed by atoms with Gasteiger partial charge in [-0.3, -0.25) is 15.5 Å². The quantitative estimate of drug-likeness (QED) is 0.307. The SMILES string of the molecule is C=NC(N)(NC(=O)C(=C)C)C(C)N. The third-order valence-electron chi connectivity index (χ3n) is 1.66. The van der Waals surface area contributed by atoms with E-state index >= 15 is 0 Å². The lowest BCUT2D eigenvalue weighted by atomic mass is 10.2. The van der Waals surface area contributed by atoms with Gasteiger partial charge in [-0.15, -0.1) is 0 Å². The molecule has 0 fully saturated rings. The Kier molecular flexibility index (Phi) is 3.77. The third-order valence-corrected chi connectivity index (χ3v) is 1.66. The lowest BCUT2D eigenvalue weighted by Crippen LogP contribution is -2.64. The van der Waals surface area contributed by atoms with Crippen molar-refractivity contribution >= 4 is 12.6 Å². The maximum absolute atomic E-state index is 11.2. The van der Waals surface area contributed by atoms with Gasteiger partial charge < -0.3 is 11.1 Å². The van der Waals surface area contributed by atoms with Gasteiger partial charge in [-0.05, 0) is 20.6 Å². The third kappa shape index (κ3) is 2.96. The zero-order chi connectivity index (χ0) is 10.6. The molecule has 0 rings (SSSR count). The van der Waals surface area contributed by atoms with Crippen LogP contribution in [0.25, 0.3) is 0 Å². The second-order valence-corrected chi connectivity index (χ2v) is 3.01. The van der Waals surface area contributed by atoms with Crippen LogP contribution in [0.2, 0.25) is 0 Å². The van der Waals surface area contributed by atoms with Crippen LogP contribution in [0.3, 0.4) is 0 Å². The van der Waals surface area contributed by atoms with Crippen LogP contribution in [-0.2, 0) is 4.79 Å². The van der Waals surface area contributed by atoms with Crippen molar-refractivity contribution in [3.63, 3.8) is 0 Å². The van der Waals surface area contributed by atoms with E-state index in [2.05, 4.69) is 23.6 Å². The summed E-state index contributed by atoms with van der Waals surface area (Å²) >= 11 is 0. The normalized spacial score (nSPS) is 16.9. The fourth-order valence-electron chi connectivity index (χ4n) is 0.586. The lowest BCUT2D eigenvalue weighted by molar-refractivity contribution is -0.119. The van der Waals surface area contributed by atoms with Gasteiger partial charge in [-0.2, -0.15) is 0 Å². The van der Waals surface area contributed by atoms with Gasteiger partial charge >= 0.3 is 0 Å². The molecule has 0 aliphatic carbocycles. The number of rotatable bonds is 4. The largest absolute Gasteiger partial charge is 0.323 e. The molecular formula is C8H16N4O. The Bertz CT molecular complexity index is 236. The summed E-state index contributed by atoms with van der Waals surface area (Å²) in [6.45, 7) is 9.93. The van der Waals surface area contributed by atoms with E-state index in [0.717, 1.165) is 0 Å². The van der Waals surface area contributed by atoms with E-state index < -0.39 is 11.8 Å². The molecule has 1 amide bonds. The fraction of sp³-hybridized carbons (Fsp3) is 0.500. The maximum Gasteiger partial charge on any atom is 0.249 e. The highest BCUT2D eigenvalue weighted by Gasteiger charge is 2.29. The van der Waals surface area contributed by atoms with Gasteiger partial charge in [0.15, 0.2) is 5.79 Å². The highest BCUT2D eigenvalue weighted by molar-refractivity contribution is 5.92. The van der Waals surface area contributed by atoms with Crippen molar-refractivity contribution in [1.29, 1.82) is 0 Å². The zero-order valence-electron chi connectivity index (χ0n) is 8.00. The molecule has 5 heteroatoms. The van der Waals surface area contributed by atoms with Crippen LogP contribution in [0.5, 0.6) is 0 Å². The predicted molar refractivity (Wildman–Crippen MR) is 53.1 cm³/mol. The van der Waals surface area contributed by atoms with Crippen LogP contribution in [0, 0.1) is 0 Å². The summed E-state index contributed by atoms with van der Waals surface area (Å²) in [4.78, 5) is 14.8. The fourth-order valence-corrected chi connectivity index (χ4v) is 0.586. The van der Waals surface area contributed by atoms with E-state index in [4.69, 9.17) is 11.5 Å². The molecule has 0 heterocycles. The highest BCUT2D eigenvalue weighted by Crippen LogP contribution is 2.03. The Morgan fingerprint density at radius 1 is 1.69 bits per heavy atom. The predicted octanol–water partition coefficient (Wildman–Crippen LogP) is -0.661. The number of carbonyl (C=O) groups is 1. The monoisotopic (exact) mass is 184 g/mol. The Hall–Kier alpha value is -1.20. The molecule has 0 radical (unpaired) electrons. The van der Waals surface area contributed by atoms with E-state index in [0.29, 0.717) is 5.57 Å². The van der Waals surface area contributed by atoms with Crippen LogP contribution in [0.15, 0.2) is 17.1 Å². The van der Waals surface area contributed by atoms with Crippen molar-refractivity contribution in [3.05, 3.63) is 12.2 Å². The summed E-state index contributed by atoms with van der Waals surface area (Å²) in [6, 6.07) is -0.520. The minimum atomic E-state index is -1.32. The molecule has 0 aromatic carbocycles. The van der Waals surface area contributed by atoms with Crippen molar-refractivity contribution in [2.24, 2.45) is 16.5 Å². The molecule has 13 heavy (non-hydrogen) atoms. The van der Waals surface area contributed by atoms with Crippen molar-refractivity contribution in [3.8, 4) is 0 Å². The first-order valence-electron chi connectivity index (χ1n) is 3.84. The maximum atomic E-state index is 11.2. The van der Waals surface area contributed by atoms with E-state index in [1.807, 2.05) is 0 Å². The van der Waals surface area contributed by atoms with Gasteiger partial charge in [-0.25, -0.2) is 0 Å². The van der Waals surface area contributed by atoms with Crippen molar-refractivity contribution in [2.45, 2.75) is 25.7 Å². The van der Waals surface area contributed by atoms with E-state index in [1.54, 1.807) is 13.8 Å². The van der Waals surface area contributed by atoms with Crippen molar-refractivity contribution in [1.82, 2.24) is 5.32 Å². The number of hydrogen-bond acceptors (Lipinski definition) is 4. The highest BCUT2D eigenvalue weighted by atomic mass is 16.2.